The molecule has 3 nitrogen and oxygen atoms in total. The maximum atomic E-state index is 10.8. The molecule has 4 heteroatoms. The quantitative estimate of drug-likeness (QED) is 0.685. The summed E-state index contributed by atoms with van der Waals surface area (Å²) in [5.74, 6) is -0.197. The Balaban J connectivity index is 3.72. The van der Waals surface area contributed by atoms with E-state index in [9.17, 15) is 9.59 Å². The van der Waals surface area contributed by atoms with Crippen LogP contribution in [0, 0.1) is 0 Å². The van der Waals surface area contributed by atoms with Gasteiger partial charge in [-0.2, -0.15) is 0 Å². The van der Waals surface area contributed by atoms with E-state index < -0.39 is 0 Å². The van der Waals surface area contributed by atoms with E-state index in [1.807, 2.05) is 0 Å². The van der Waals surface area contributed by atoms with E-state index in [0.29, 0.717) is 0 Å². The SMILES string of the molecule is CC(=O)NC(C)C(=O)CBr. The molecular weight excluding hydrogens is 198 g/mol. The first-order valence-electron chi connectivity index (χ1n) is 2.93. The molecule has 58 valence electrons. The molecule has 1 amide bonds. The summed E-state index contributed by atoms with van der Waals surface area (Å²) in [5, 5.41) is 2.76. The molecule has 10 heavy (non-hydrogen) atoms. The van der Waals surface area contributed by atoms with Gasteiger partial charge in [0.1, 0.15) is 0 Å². The highest BCUT2D eigenvalue weighted by molar-refractivity contribution is 9.09. The molecule has 0 heterocycles. The van der Waals surface area contributed by atoms with E-state index in [4.69, 9.17) is 0 Å². The topological polar surface area (TPSA) is 46.2 Å². The van der Waals surface area contributed by atoms with Crippen LogP contribution in [0.1, 0.15) is 13.8 Å². The predicted molar refractivity (Wildman–Crippen MR) is 42.1 cm³/mol. The second-order valence-electron chi connectivity index (χ2n) is 2.02. The van der Waals surface area contributed by atoms with Gasteiger partial charge in [0.25, 0.3) is 0 Å². The van der Waals surface area contributed by atoms with E-state index in [1.165, 1.54) is 6.92 Å². The Morgan fingerprint density at radius 2 is 2.10 bits per heavy atom. The lowest BCUT2D eigenvalue weighted by Gasteiger charge is -2.07. The Kier molecular flexibility index (Phi) is 4.27. The lowest BCUT2D eigenvalue weighted by molar-refractivity contribution is -0.124. The summed E-state index contributed by atoms with van der Waals surface area (Å²) < 4.78 is 0. The van der Waals surface area contributed by atoms with Crippen LogP contribution >= 0.6 is 15.9 Å². The van der Waals surface area contributed by atoms with Crippen LogP contribution in [0.3, 0.4) is 0 Å². The van der Waals surface area contributed by atoms with Crippen molar-refractivity contribution in [2.24, 2.45) is 0 Å². The van der Waals surface area contributed by atoms with Gasteiger partial charge >= 0.3 is 0 Å². The molecule has 1 N–H and O–H groups in total. The van der Waals surface area contributed by atoms with Crippen LogP contribution in [0.25, 0.3) is 0 Å². The molecule has 0 aromatic rings. The largest absolute Gasteiger partial charge is 0.347 e. The molecule has 0 saturated heterocycles. The Bertz CT molecular complexity index is 147. The molecule has 0 bridgehead atoms. The first-order valence-corrected chi connectivity index (χ1v) is 4.06. The summed E-state index contributed by atoms with van der Waals surface area (Å²) in [6.45, 7) is 3.04. The third-order valence-electron chi connectivity index (χ3n) is 1.03. The highest BCUT2D eigenvalue weighted by atomic mass is 79.9. The van der Waals surface area contributed by atoms with Crippen molar-refractivity contribution >= 4 is 27.6 Å². The van der Waals surface area contributed by atoms with Crippen molar-refractivity contribution in [3.05, 3.63) is 0 Å². The molecule has 0 aliphatic rings. The molecule has 0 spiro atoms. The third kappa shape index (κ3) is 3.61. The van der Waals surface area contributed by atoms with E-state index in [2.05, 4.69) is 21.2 Å². The van der Waals surface area contributed by atoms with E-state index >= 15 is 0 Å². The van der Waals surface area contributed by atoms with Crippen LogP contribution in [-0.4, -0.2) is 23.1 Å². The second-order valence-corrected chi connectivity index (χ2v) is 2.58. The lowest BCUT2D eigenvalue weighted by Crippen LogP contribution is -2.37. The van der Waals surface area contributed by atoms with Crippen LogP contribution in [0.2, 0.25) is 0 Å². The zero-order valence-electron chi connectivity index (χ0n) is 5.98. The zero-order chi connectivity index (χ0) is 8.15. The van der Waals surface area contributed by atoms with Gasteiger partial charge in [-0.25, -0.2) is 0 Å². The predicted octanol–water partition coefficient (Wildman–Crippen LogP) is 0.475. The second kappa shape index (κ2) is 4.44. The van der Waals surface area contributed by atoms with Crippen molar-refractivity contribution in [3.8, 4) is 0 Å². The first-order chi connectivity index (χ1) is 4.57. The number of ketones is 1. The summed E-state index contributed by atoms with van der Waals surface area (Å²) in [4.78, 5) is 21.2. The number of nitrogens with one attached hydrogen (secondary N) is 1. The van der Waals surface area contributed by atoms with Crippen molar-refractivity contribution in [1.29, 1.82) is 0 Å². The van der Waals surface area contributed by atoms with Gasteiger partial charge in [0.2, 0.25) is 5.91 Å². The lowest BCUT2D eigenvalue weighted by atomic mass is 10.2. The average Bonchev–Trinajstić information content (AvgIpc) is 1.85. The van der Waals surface area contributed by atoms with Crippen LogP contribution in [0.15, 0.2) is 0 Å². The molecule has 0 rings (SSSR count). The van der Waals surface area contributed by atoms with Crippen molar-refractivity contribution in [2.45, 2.75) is 19.9 Å². The molecule has 0 aromatic heterocycles. The number of halogens is 1. The van der Waals surface area contributed by atoms with E-state index in [0.717, 1.165) is 0 Å². The van der Waals surface area contributed by atoms with Crippen LogP contribution < -0.4 is 5.32 Å². The number of rotatable bonds is 3. The van der Waals surface area contributed by atoms with Crippen molar-refractivity contribution in [1.82, 2.24) is 5.32 Å². The van der Waals surface area contributed by atoms with Gasteiger partial charge in [0, 0.05) is 6.92 Å². The van der Waals surface area contributed by atoms with Gasteiger partial charge in [0.05, 0.1) is 11.4 Å². The molecule has 0 radical (unpaired) electrons. The van der Waals surface area contributed by atoms with Gasteiger partial charge in [-0.3, -0.25) is 9.59 Å². The normalized spacial score (nSPS) is 12.3. The Hall–Kier alpha value is -0.380. The van der Waals surface area contributed by atoms with Crippen molar-refractivity contribution in [3.63, 3.8) is 0 Å². The first kappa shape index (κ1) is 9.62. The van der Waals surface area contributed by atoms with Gasteiger partial charge < -0.3 is 5.32 Å². The Morgan fingerprint density at radius 1 is 1.60 bits per heavy atom. The van der Waals surface area contributed by atoms with Crippen LogP contribution in [-0.2, 0) is 9.59 Å². The van der Waals surface area contributed by atoms with Gasteiger partial charge in [-0.1, -0.05) is 15.9 Å². The van der Waals surface area contributed by atoms with E-state index in [1.54, 1.807) is 6.92 Å². The van der Waals surface area contributed by atoms with E-state index in [-0.39, 0.29) is 23.1 Å². The number of Topliss-reactive ketones (excluding diaryl/α,β-unsaturated/α-hetero) is 1. The number of amides is 1. The molecule has 0 aliphatic carbocycles. The summed E-state index contributed by atoms with van der Waals surface area (Å²) in [6, 6.07) is -0.378. The summed E-state index contributed by atoms with van der Waals surface area (Å²) in [7, 11) is 0. The fraction of sp³-hybridized carbons (Fsp3) is 0.667. The zero-order valence-corrected chi connectivity index (χ0v) is 7.56. The smallest absolute Gasteiger partial charge is 0.217 e. The van der Waals surface area contributed by atoms with Crippen LogP contribution in [0.4, 0.5) is 0 Å². The molecular formula is C6H10BrNO2. The minimum absolute atomic E-state index is 0.0183. The molecule has 1 unspecified atom stereocenters. The van der Waals surface area contributed by atoms with Gasteiger partial charge in [0.15, 0.2) is 5.78 Å². The number of hydrogen-bond donors (Lipinski definition) is 1. The Labute approximate surface area is 68.3 Å². The third-order valence-corrected chi connectivity index (χ3v) is 1.59. The number of carbonyl (C=O) groups is 2. The fourth-order valence-corrected chi connectivity index (χ4v) is 0.987. The van der Waals surface area contributed by atoms with Gasteiger partial charge in [-0.05, 0) is 6.92 Å². The van der Waals surface area contributed by atoms with Crippen molar-refractivity contribution in [2.75, 3.05) is 5.33 Å². The summed E-state index contributed by atoms with van der Waals surface area (Å²) in [5.41, 5.74) is 0. The number of carbonyl (C=O) groups excluding carboxylic acids is 2. The number of alkyl halides is 1. The summed E-state index contributed by atoms with van der Waals surface area (Å²) in [6.07, 6.45) is 0. The molecule has 0 saturated carbocycles. The maximum absolute atomic E-state index is 10.8. The molecule has 0 aromatic carbocycles. The highest BCUT2D eigenvalue weighted by Gasteiger charge is 2.10. The molecule has 0 aliphatic heterocycles. The standard InChI is InChI=1S/C6H10BrNO2/c1-4(6(10)3-7)8-5(2)9/h4H,3H2,1-2H3,(H,8,9). The van der Waals surface area contributed by atoms with Crippen LogP contribution in [0.5, 0.6) is 0 Å². The monoisotopic (exact) mass is 207 g/mol. The fourth-order valence-electron chi connectivity index (χ4n) is 0.501. The van der Waals surface area contributed by atoms with Gasteiger partial charge in [-0.15, -0.1) is 0 Å². The maximum Gasteiger partial charge on any atom is 0.217 e. The molecule has 0 fully saturated rings. The average molecular weight is 208 g/mol. The summed E-state index contributed by atoms with van der Waals surface area (Å²) >= 11 is 3.00. The molecule has 1 atom stereocenters. The highest BCUT2D eigenvalue weighted by Crippen LogP contribution is 1.89. The number of hydrogen-bond acceptors (Lipinski definition) is 2. The Morgan fingerprint density at radius 3 is 2.40 bits per heavy atom. The minimum atomic E-state index is -0.378. The van der Waals surface area contributed by atoms with Crippen molar-refractivity contribution < 1.29 is 9.59 Å². The minimum Gasteiger partial charge on any atom is -0.347 e.